The fourth-order valence-electron chi connectivity index (χ4n) is 4.59. The molecule has 2 heterocycles. The topological polar surface area (TPSA) is 86.0 Å². The number of benzene rings is 2. The minimum absolute atomic E-state index is 0.0549. The third-order valence-corrected chi connectivity index (χ3v) is 6.50. The number of nitrogens with zero attached hydrogens (tertiary/aromatic N) is 1. The SMILES string of the molecule is CCOc1cc(N)c(Cl)cc1C(=O)NC1C[C@H]2COC[C@@H](C1)N2Cc1ccc(OC)cc1. The summed E-state index contributed by atoms with van der Waals surface area (Å²) in [6.07, 6.45) is 1.65. The number of halogens is 1. The van der Waals surface area contributed by atoms with Crippen LogP contribution in [0.15, 0.2) is 36.4 Å². The van der Waals surface area contributed by atoms with Crippen LogP contribution >= 0.6 is 11.6 Å². The van der Waals surface area contributed by atoms with Crippen molar-refractivity contribution in [2.75, 3.05) is 32.7 Å². The fourth-order valence-corrected chi connectivity index (χ4v) is 4.76. The lowest BCUT2D eigenvalue weighted by atomic mass is 9.89. The summed E-state index contributed by atoms with van der Waals surface area (Å²) in [5.41, 5.74) is 7.93. The van der Waals surface area contributed by atoms with Crippen molar-refractivity contribution in [1.82, 2.24) is 10.2 Å². The molecule has 0 spiro atoms. The van der Waals surface area contributed by atoms with E-state index in [1.807, 2.05) is 19.1 Å². The van der Waals surface area contributed by atoms with E-state index in [2.05, 4.69) is 22.3 Å². The number of anilines is 1. The van der Waals surface area contributed by atoms with Crippen LogP contribution in [0.1, 0.15) is 35.7 Å². The maximum atomic E-state index is 13.1. The van der Waals surface area contributed by atoms with Crippen LogP contribution in [0.3, 0.4) is 0 Å². The van der Waals surface area contributed by atoms with Crippen LogP contribution in [-0.4, -0.2) is 55.9 Å². The lowest BCUT2D eigenvalue weighted by molar-refractivity contribution is -0.0843. The lowest BCUT2D eigenvalue weighted by Crippen LogP contribution is -2.60. The fraction of sp³-hybridized carbons (Fsp3) is 0.458. The zero-order valence-corrected chi connectivity index (χ0v) is 19.2. The van der Waals surface area contributed by atoms with Crippen molar-refractivity contribution in [2.24, 2.45) is 0 Å². The first-order valence-corrected chi connectivity index (χ1v) is 11.3. The molecule has 0 aromatic heterocycles. The van der Waals surface area contributed by atoms with Crippen molar-refractivity contribution in [3.8, 4) is 11.5 Å². The average Bonchev–Trinajstić information content (AvgIpc) is 2.77. The Morgan fingerprint density at radius 1 is 1.22 bits per heavy atom. The van der Waals surface area contributed by atoms with Gasteiger partial charge in [-0.1, -0.05) is 23.7 Å². The molecule has 3 N–H and O–H groups in total. The summed E-state index contributed by atoms with van der Waals surface area (Å²) in [5, 5.41) is 3.54. The molecule has 32 heavy (non-hydrogen) atoms. The number of piperidine rings is 1. The molecule has 172 valence electrons. The van der Waals surface area contributed by atoms with E-state index in [1.165, 1.54) is 5.56 Å². The Kier molecular flexibility index (Phi) is 7.08. The van der Waals surface area contributed by atoms with Crippen LogP contribution in [0, 0.1) is 0 Å². The molecule has 4 rings (SSSR count). The van der Waals surface area contributed by atoms with Crippen LogP contribution in [0.4, 0.5) is 5.69 Å². The summed E-state index contributed by atoms with van der Waals surface area (Å²) in [6, 6.07) is 11.9. The second kappa shape index (κ2) is 9.98. The van der Waals surface area contributed by atoms with Crippen molar-refractivity contribution >= 4 is 23.2 Å². The number of fused-ring (bicyclic) bond motifs is 2. The largest absolute Gasteiger partial charge is 0.497 e. The maximum Gasteiger partial charge on any atom is 0.255 e. The van der Waals surface area contributed by atoms with Crippen molar-refractivity contribution in [2.45, 2.75) is 44.4 Å². The monoisotopic (exact) mass is 459 g/mol. The van der Waals surface area contributed by atoms with Gasteiger partial charge in [0.25, 0.3) is 5.91 Å². The Bertz CT molecular complexity index is 939. The highest BCUT2D eigenvalue weighted by Gasteiger charge is 2.39. The van der Waals surface area contributed by atoms with Gasteiger partial charge in [0, 0.05) is 30.7 Å². The molecular weight excluding hydrogens is 430 g/mol. The third kappa shape index (κ3) is 4.95. The predicted octanol–water partition coefficient (Wildman–Crippen LogP) is 3.49. The summed E-state index contributed by atoms with van der Waals surface area (Å²) in [4.78, 5) is 15.6. The standard InChI is InChI=1S/C24H30ClN3O4/c1-3-32-23-11-22(26)21(25)10-20(23)24(29)27-16-8-17-13-31-14-18(9-16)28(17)12-15-4-6-19(30-2)7-5-15/h4-7,10-11,16-18H,3,8-9,12-14,26H2,1-2H3,(H,27,29)/t16?,17-,18+. The summed E-state index contributed by atoms with van der Waals surface area (Å²) in [7, 11) is 1.67. The molecule has 2 bridgehead atoms. The van der Waals surface area contributed by atoms with E-state index in [9.17, 15) is 4.79 Å². The van der Waals surface area contributed by atoms with Gasteiger partial charge in [0.1, 0.15) is 11.5 Å². The highest BCUT2D eigenvalue weighted by Crippen LogP contribution is 2.32. The van der Waals surface area contributed by atoms with Crippen molar-refractivity contribution in [1.29, 1.82) is 0 Å². The number of nitrogens with one attached hydrogen (secondary N) is 1. The van der Waals surface area contributed by atoms with E-state index in [0.717, 1.165) is 25.1 Å². The molecular formula is C24H30ClN3O4. The highest BCUT2D eigenvalue weighted by atomic mass is 35.5. The number of hydrogen-bond donors (Lipinski definition) is 2. The van der Waals surface area contributed by atoms with Gasteiger partial charge < -0.3 is 25.3 Å². The van der Waals surface area contributed by atoms with Crippen molar-refractivity contribution in [3.63, 3.8) is 0 Å². The second-order valence-electron chi connectivity index (χ2n) is 8.31. The molecule has 2 aromatic carbocycles. The minimum Gasteiger partial charge on any atom is -0.497 e. The van der Waals surface area contributed by atoms with Crippen LogP contribution in [0.5, 0.6) is 11.5 Å². The first-order chi connectivity index (χ1) is 15.5. The number of rotatable bonds is 7. The van der Waals surface area contributed by atoms with E-state index in [1.54, 1.807) is 19.2 Å². The molecule has 2 saturated heterocycles. The van der Waals surface area contributed by atoms with Gasteiger partial charge in [-0.2, -0.15) is 0 Å². The molecule has 0 aliphatic carbocycles. The summed E-state index contributed by atoms with van der Waals surface area (Å²) in [6.45, 7) is 4.48. The lowest BCUT2D eigenvalue weighted by Gasteiger charge is -2.48. The number of methoxy groups -OCH3 is 1. The van der Waals surface area contributed by atoms with Crippen molar-refractivity contribution in [3.05, 3.63) is 52.5 Å². The number of hydrogen-bond acceptors (Lipinski definition) is 6. The first kappa shape index (κ1) is 22.7. The van der Waals surface area contributed by atoms with Crippen LogP contribution < -0.4 is 20.5 Å². The van der Waals surface area contributed by atoms with Gasteiger partial charge in [-0.3, -0.25) is 9.69 Å². The number of ether oxygens (including phenoxy) is 3. The Morgan fingerprint density at radius 3 is 2.53 bits per heavy atom. The second-order valence-corrected chi connectivity index (χ2v) is 8.72. The van der Waals surface area contributed by atoms with E-state index >= 15 is 0 Å². The molecule has 2 aliphatic rings. The normalized spacial score (nSPS) is 22.9. The predicted molar refractivity (Wildman–Crippen MR) is 124 cm³/mol. The van der Waals surface area contributed by atoms with Gasteiger partial charge in [0.2, 0.25) is 0 Å². The Labute approximate surface area is 193 Å². The van der Waals surface area contributed by atoms with E-state index < -0.39 is 0 Å². The minimum atomic E-state index is -0.192. The molecule has 2 fully saturated rings. The van der Waals surface area contributed by atoms with Crippen molar-refractivity contribution < 1.29 is 19.0 Å². The average molecular weight is 460 g/mol. The number of nitrogen functional groups attached to an aromatic ring is 1. The van der Waals surface area contributed by atoms with Crippen LogP contribution in [0.2, 0.25) is 5.02 Å². The molecule has 1 amide bonds. The zero-order chi connectivity index (χ0) is 22.7. The number of nitrogens with two attached hydrogens (primary N) is 1. The summed E-state index contributed by atoms with van der Waals surface area (Å²) in [5.74, 6) is 1.11. The molecule has 2 aliphatic heterocycles. The molecule has 0 saturated carbocycles. The number of morpholine rings is 1. The molecule has 1 unspecified atom stereocenters. The number of carbonyl (C=O) groups is 1. The Morgan fingerprint density at radius 2 is 1.91 bits per heavy atom. The number of amides is 1. The van der Waals surface area contributed by atoms with Gasteiger partial charge in [-0.05, 0) is 43.5 Å². The highest BCUT2D eigenvalue weighted by molar-refractivity contribution is 6.33. The number of carbonyl (C=O) groups excluding carboxylic acids is 1. The molecule has 7 nitrogen and oxygen atoms in total. The maximum absolute atomic E-state index is 13.1. The van der Waals surface area contributed by atoms with Crippen LogP contribution in [0.25, 0.3) is 0 Å². The van der Waals surface area contributed by atoms with Gasteiger partial charge in [-0.25, -0.2) is 0 Å². The van der Waals surface area contributed by atoms with Crippen LogP contribution in [-0.2, 0) is 11.3 Å². The first-order valence-electron chi connectivity index (χ1n) is 11.0. The molecule has 2 aromatic rings. The molecule has 8 heteroatoms. The van der Waals surface area contributed by atoms with Gasteiger partial charge in [-0.15, -0.1) is 0 Å². The van der Waals surface area contributed by atoms with E-state index in [4.69, 9.17) is 31.5 Å². The smallest absolute Gasteiger partial charge is 0.255 e. The summed E-state index contributed by atoms with van der Waals surface area (Å²) >= 11 is 6.17. The molecule has 3 atom stereocenters. The van der Waals surface area contributed by atoms with Gasteiger partial charge in [0.05, 0.1) is 43.2 Å². The quantitative estimate of drug-likeness (QED) is 0.616. The van der Waals surface area contributed by atoms with E-state index in [-0.39, 0.29) is 24.0 Å². The Balaban J connectivity index is 1.44. The third-order valence-electron chi connectivity index (χ3n) is 6.17. The zero-order valence-electron chi connectivity index (χ0n) is 18.5. The Hall–Kier alpha value is -2.48. The van der Waals surface area contributed by atoms with E-state index in [0.29, 0.717) is 41.8 Å². The van der Waals surface area contributed by atoms with Gasteiger partial charge >= 0.3 is 0 Å². The molecule has 0 radical (unpaired) electrons. The summed E-state index contributed by atoms with van der Waals surface area (Å²) < 4.78 is 16.7. The van der Waals surface area contributed by atoms with Gasteiger partial charge in [0.15, 0.2) is 0 Å².